The SMILES string of the molecule is CC[C@H]1[C@@H](OC(C)=O)[C@H]2C3CC[C@H]([C@H](C)CC#N)[C@@]3(C)CCC2[C@@]2(C)CC[C@@H](OC(C)=O)C[C@@H]12. The van der Waals surface area contributed by atoms with Crippen molar-refractivity contribution < 1.29 is 19.1 Å². The predicted molar refractivity (Wildman–Crippen MR) is 130 cm³/mol. The van der Waals surface area contributed by atoms with Crippen molar-refractivity contribution in [1.82, 2.24) is 0 Å². The quantitative estimate of drug-likeness (QED) is 0.440. The number of carbonyl (C=O) groups is 2. The normalized spacial score (nSPS) is 46.3. The number of esters is 2. The van der Waals surface area contributed by atoms with Gasteiger partial charge in [-0.1, -0.05) is 27.7 Å². The summed E-state index contributed by atoms with van der Waals surface area (Å²) in [6, 6.07) is 2.42. The highest BCUT2D eigenvalue weighted by atomic mass is 16.5. The van der Waals surface area contributed by atoms with Gasteiger partial charge in [0.05, 0.1) is 6.07 Å². The maximum absolute atomic E-state index is 12.4. The summed E-state index contributed by atoms with van der Waals surface area (Å²) in [5.74, 6) is 2.79. The Hall–Kier alpha value is -1.57. The van der Waals surface area contributed by atoms with Crippen LogP contribution in [0.1, 0.15) is 99.3 Å². The van der Waals surface area contributed by atoms with Crippen LogP contribution in [0.3, 0.4) is 0 Å². The van der Waals surface area contributed by atoms with Crippen molar-refractivity contribution in [2.45, 2.75) is 112 Å². The maximum Gasteiger partial charge on any atom is 0.302 e. The van der Waals surface area contributed by atoms with Crippen LogP contribution >= 0.6 is 0 Å². The molecule has 190 valence electrons. The number of ether oxygens (including phenoxy) is 2. The molecule has 0 aromatic heterocycles. The van der Waals surface area contributed by atoms with Crippen LogP contribution in [0.25, 0.3) is 0 Å². The van der Waals surface area contributed by atoms with Gasteiger partial charge in [0.2, 0.25) is 0 Å². The summed E-state index contributed by atoms with van der Waals surface area (Å²) in [5.41, 5.74) is 0.405. The number of rotatable bonds is 5. The zero-order chi connectivity index (χ0) is 24.8. The van der Waals surface area contributed by atoms with E-state index in [0.29, 0.717) is 47.8 Å². The van der Waals surface area contributed by atoms with E-state index in [-0.39, 0.29) is 35.0 Å². The molecule has 0 aromatic rings. The van der Waals surface area contributed by atoms with Gasteiger partial charge < -0.3 is 9.47 Å². The average Bonchev–Trinajstić information content (AvgIpc) is 3.11. The van der Waals surface area contributed by atoms with Crippen molar-refractivity contribution in [3.8, 4) is 6.07 Å². The fourth-order valence-electron chi connectivity index (χ4n) is 9.87. The molecule has 0 aliphatic heterocycles. The number of fused-ring (bicyclic) bond motifs is 5. The van der Waals surface area contributed by atoms with Gasteiger partial charge in [0.1, 0.15) is 12.2 Å². The van der Waals surface area contributed by atoms with E-state index in [4.69, 9.17) is 9.47 Å². The Balaban J connectivity index is 1.71. The first-order valence-corrected chi connectivity index (χ1v) is 13.8. The number of hydrogen-bond donors (Lipinski definition) is 0. The minimum Gasteiger partial charge on any atom is -0.463 e. The van der Waals surface area contributed by atoms with E-state index in [1.54, 1.807) is 6.92 Å². The molecule has 5 nitrogen and oxygen atoms in total. The van der Waals surface area contributed by atoms with Crippen molar-refractivity contribution >= 4 is 11.9 Å². The van der Waals surface area contributed by atoms with Crippen molar-refractivity contribution in [2.75, 3.05) is 0 Å². The van der Waals surface area contributed by atoms with Crippen molar-refractivity contribution in [1.29, 1.82) is 5.26 Å². The molecule has 11 atom stereocenters. The lowest BCUT2D eigenvalue weighted by Gasteiger charge is -2.65. The second-order valence-corrected chi connectivity index (χ2v) is 12.6. The molecule has 5 heteroatoms. The van der Waals surface area contributed by atoms with E-state index in [1.165, 1.54) is 32.6 Å². The van der Waals surface area contributed by atoms with Crippen LogP contribution in [0.5, 0.6) is 0 Å². The van der Waals surface area contributed by atoms with Gasteiger partial charge in [-0.2, -0.15) is 5.26 Å². The summed E-state index contributed by atoms with van der Waals surface area (Å²) in [5, 5.41) is 9.37. The largest absolute Gasteiger partial charge is 0.463 e. The van der Waals surface area contributed by atoms with Gasteiger partial charge in [0.15, 0.2) is 0 Å². The molecule has 0 saturated heterocycles. The highest BCUT2D eigenvalue weighted by Crippen LogP contribution is 2.70. The summed E-state index contributed by atoms with van der Waals surface area (Å²) in [6.45, 7) is 12.6. The molecule has 0 radical (unpaired) electrons. The molecule has 4 aliphatic carbocycles. The van der Waals surface area contributed by atoms with E-state index < -0.39 is 0 Å². The first-order valence-electron chi connectivity index (χ1n) is 13.8. The molecule has 4 fully saturated rings. The molecule has 0 aromatic carbocycles. The van der Waals surface area contributed by atoms with Crippen LogP contribution in [-0.4, -0.2) is 24.1 Å². The fraction of sp³-hybridized carbons (Fsp3) is 0.897. The summed E-state index contributed by atoms with van der Waals surface area (Å²) in [4.78, 5) is 24.1. The average molecular weight is 472 g/mol. The number of carbonyl (C=O) groups excluding carboxylic acids is 2. The Morgan fingerprint density at radius 3 is 2.24 bits per heavy atom. The van der Waals surface area contributed by atoms with Crippen LogP contribution in [-0.2, 0) is 19.1 Å². The van der Waals surface area contributed by atoms with Crippen molar-refractivity contribution in [3.05, 3.63) is 0 Å². The zero-order valence-electron chi connectivity index (χ0n) is 22.1. The molecule has 4 rings (SSSR count). The zero-order valence-corrected chi connectivity index (χ0v) is 22.1. The Morgan fingerprint density at radius 1 is 0.971 bits per heavy atom. The molecule has 0 bridgehead atoms. The van der Waals surface area contributed by atoms with Gasteiger partial charge in [0.25, 0.3) is 0 Å². The smallest absolute Gasteiger partial charge is 0.302 e. The standard InChI is InChI=1S/C29H45NO4/c1-7-21-25-16-20(33-18(3)31)10-13-29(25,6)24-11-14-28(5)22(17(2)12-15-30)8-9-23(28)26(24)27(21)34-19(4)32/h17,20-27H,7-14,16H2,1-6H3/t17-,20-,21-,22-,23?,24?,25+,26+,27-,28-,29-/m1/s1. The summed E-state index contributed by atoms with van der Waals surface area (Å²) < 4.78 is 12.0. The lowest BCUT2D eigenvalue weighted by Crippen LogP contribution is -2.63. The first-order chi connectivity index (χ1) is 16.1. The van der Waals surface area contributed by atoms with E-state index in [2.05, 4.69) is 33.8 Å². The summed E-state index contributed by atoms with van der Waals surface area (Å²) in [7, 11) is 0. The van der Waals surface area contributed by atoms with Gasteiger partial charge in [-0.05, 0) is 97.7 Å². The Labute approximate surface area is 206 Å². The molecule has 0 N–H and O–H groups in total. The summed E-state index contributed by atoms with van der Waals surface area (Å²) in [6.07, 6.45) is 9.19. The van der Waals surface area contributed by atoms with Crippen LogP contribution in [0.15, 0.2) is 0 Å². The van der Waals surface area contributed by atoms with Gasteiger partial charge in [0, 0.05) is 26.2 Å². The minimum atomic E-state index is -0.191. The van der Waals surface area contributed by atoms with Crippen LogP contribution in [0, 0.1) is 63.6 Å². The predicted octanol–water partition coefficient (Wildman–Crippen LogP) is 6.30. The first kappa shape index (κ1) is 25.5. The lowest BCUT2D eigenvalue weighted by molar-refractivity contribution is -0.219. The lowest BCUT2D eigenvalue weighted by atomic mass is 9.41. The van der Waals surface area contributed by atoms with E-state index in [1.807, 2.05) is 0 Å². The molecular formula is C29H45NO4. The third-order valence-corrected chi connectivity index (χ3v) is 11.1. The molecular weight excluding hydrogens is 426 g/mol. The Kier molecular flexibility index (Phi) is 7.11. The summed E-state index contributed by atoms with van der Waals surface area (Å²) >= 11 is 0. The number of nitrogens with zero attached hydrogens (tertiary/aromatic N) is 1. The molecule has 0 spiro atoms. The van der Waals surface area contributed by atoms with E-state index in [9.17, 15) is 14.9 Å². The van der Waals surface area contributed by atoms with E-state index in [0.717, 1.165) is 25.7 Å². The van der Waals surface area contributed by atoms with Gasteiger partial charge in [-0.25, -0.2) is 0 Å². The monoisotopic (exact) mass is 471 g/mol. The topological polar surface area (TPSA) is 76.4 Å². The Bertz CT molecular complexity index is 834. The third-order valence-electron chi connectivity index (χ3n) is 11.1. The molecule has 0 heterocycles. The number of hydrogen-bond acceptors (Lipinski definition) is 5. The molecule has 34 heavy (non-hydrogen) atoms. The highest BCUT2D eigenvalue weighted by molar-refractivity contribution is 5.66. The third kappa shape index (κ3) is 4.07. The second-order valence-electron chi connectivity index (χ2n) is 12.6. The van der Waals surface area contributed by atoms with Crippen molar-refractivity contribution in [2.24, 2.45) is 52.3 Å². The van der Waals surface area contributed by atoms with Gasteiger partial charge in [-0.15, -0.1) is 0 Å². The maximum atomic E-state index is 12.4. The van der Waals surface area contributed by atoms with Crippen LogP contribution < -0.4 is 0 Å². The van der Waals surface area contributed by atoms with Gasteiger partial charge in [-0.3, -0.25) is 9.59 Å². The minimum absolute atomic E-state index is 0.0179. The highest BCUT2D eigenvalue weighted by Gasteiger charge is 2.66. The fourth-order valence-corrected chi connectivity index (χ4v) is 9.87. The second kappa shape index (κ2) is 9.47. The molecule has 2 unspecified atom stereocenters. The van der Waals surface area contributed by atoms with E-state index >= 15 is 0 Å². The van der Waals surface area contributed by atoms with Crippen LogP contribution in [0.4, 0.5) is 0 Å². The molecule has 4 aliphatic rings. The molecule has 4 saturated carbocycles. The van der Waals surface area contributed by atoms with Gasteiger partial charge >= 0.3 is 11.9 Å². The number of nitriles is 1. The van der Waals surface area contributed by atoms with Crippen molar-refractivity contribution in [3.63, 3.8) is 0 Å². The van der Waals surface area contributed by atoms with Crippen LogP contribution in [0.2, 0.25) is 0 Å². The Morgan fingerprint density at radius 2 is 1.62 bits per heavy atom. The molecule has 0 amide bonds.